The van der Waals surface area contributed by atoms with E-state index in [1.807, 2.05) is 4.72 Å². The van der Waals surface area contributed by atoms with Crippen molar-refractivity contribution in [1.82, 2.24) is 0 Å². The quantitative estimate of drug-likeness (QED) is 0.828. The standard InChI is InChI=1S/C12H8Cl2F2N2O2S/c13-7-2-1-3-9(11(7)14)18-21(19,20)10-5-6(17)4-8(15)12(10)16/h1-5,18H,17H2. The van der Waals surface area contributed by atoms with Gasteiger partial charge < -0.3 is 5.73 Å². The fourth-order valence-corrected chi connectivity index (χ4v) is 3.16. The fourth-order valence-electron chi connectivity index (χ4n) is 1.56. The highest BCUT2D eigenvalue weighted by Gasteiger charge is 2.24. The molecule has 3 N–H and O–H groups in total. The van der Waals surface area contributed by atoms with Gasteiger partial charge in [-0.1, -0.05) is 29.3 Å². The molecule has 0 aliphatic rings. The van der Waals surface area contributed by atoms with Crippen molar-refractivity contribution in [3.8, 4) is 0 Å². The van der Waals surface area contributed by atoms with Crippen LogP contribution in [0, 0.1) is 11.6 Å². The third-order valence-corrected chi connectivity index (χ3v) is 4.69. The van der Waals surface area contributed by atoms with E-state index in [1.165, 1.54) is 18.2 Å². The minimum Gasteiger partial charge on any atom is -0.399 e. The van der Waals surface area contributed by atoms with Gasteiger partial charge in [-0.25, -0.2) is 17.2 Å². The third-order valence-electron chi connectivity index (χ3n) is 2.50. The highest BCUT2D eigenvalue weighted by Crippen LogP contribution is 2.32. The largest absolute Gasteiger partial charge is 0.399 e. The van der Waals surface area contributed by atoms with Crippen molar-refractivity contribution in [1.29, 1.82) is 0 Å². The van der Waals surface area contributed by atoms with Gasteiger partial charge in [-0.05, 0) is 24.3 Å². The molecule has 0 aliphatic carbocycles. The zero-order valence-corrected chi connectivity index (χ0v) is 12.5. The normalized spacial score (nSPS) is 11.4. The number of nitrogen functional groups attached to an aromatic ring is 1. The molecule has 0 atom stereocenters. The molecule has 4 nitrogen and oxygen atoms in total. The van der Waals surface area contributed by atoms with Gasteiger partial charge in [-0.15, -0.1) is 0 Å². The zero-order valence-electron chi connectivity index (χ0n) is 10.2. The lowest BCUT2D eigenvalue weighted by Gasteiger charge is -2.11. The maximum absolute atomic E-state index is 13.7. The monoisotopic (exact) mass is 352 g/mol. The minimum atomic E-state index is -4.42. The molecule has 0 amide bonds. The van der Waals surface area contributed by atoms with Gasteiger partial charge in [0.2, 0.25) is 0 Å². The SMILES string of the molecule is Nc1cc(F)c(F)c(S(=O)(=O)Nc2cccc(Cl)c2Cl)c1. The van der Waals surface area contributed by atoms with Gasteiger partial charge in [0.05, 0.1) is 15.7 Å². The van der Waals surface area contributed by atoms with E-state index in [9.17, 15) is 17.2 Å². The molecule has 112 valence electrons. The molecule has 0 spiro atoms. The highest BCUT2D eigenvalue weighted by molar-refractivity contribution is 7.92. The van der Waals surface area contributed by atoms with Gasteiger partial charge in [0.15, 0.2) is 11.6 Å². The van der Waals surface area contributed by atoms with Crippen molar-refractivity contribution in [2.24, 2.45) is 0 Å². The number of nitrogens with two attached hydrogens (primary N) is 1. The van der Waals surface area contributed by atoms with Gasteiger partial charge in [0.25, 0.3) is 10.0 Å². The molecule has 0 aliphatic heterocycles. The number of hydrogen-bond donors (Lipinski definition) is 2. The van der Waals surface area contributed by atoms with Crippen LogP contribution in [0.25, 0.3) is 0 Å². The van der Waals surface area contributed by atoms with Crippen LogP contribution in [0.4, 0.5) is 20.2 Å². The minimum absolute atomic E-state index is 0.0625. The smallest absolute Gasteiger partial charge is 0.265 e. The summed E-state index contributed by atoms with van der Waals surface area (Å²) in [5.74, 6) is -2.90. The van der Waals surface area contributed by atoms with Crippen LogP contribution in [-0.4, -0.2) is 8.42 Å². The molecule has 9 heteroatoms. The van der Waals surface area contributed by atoms with E-state index >= 15 is 0 Å². The van der Waals surface area contributed by atoms with Gasteiger partial charge in [0.1, 0.15) is 4.90 Å². The lowest BCUT2D eigenvalue weighted by atomic mass is 10.3. The summed E-state index contributed by atoms with van der Waals surface area (Å²) in [7, 11) is -4.42. The van der Waals surface area contributed by atoms with E-state index in [0.29, 0.717) is 6.07 Å². The summed E-state index contributed by atoms with van der Waals surface area (Å²) in [6.45, 7) is 0. The molecule has 0 fully saturated rings. The van der Waals surface area contributed by atoms with Crippen molar-refractivity contribution in [3.05, 3.63) is 52.0 Å². The van der Waals surface area contributed by atoms with Crippen LogP contribution in [0.3, 0.4) is 0 Å². The number of halogens is 4. The molecule has 0 heterocycles. The van der Waals surface area contributed by atoms with Crippen molar-refractivity contribution in [2.75, 3.05) is 10.5 Å². The molecule has 0 saturated carbocycles. The lowest BCUT2D eigenvalue weighted by Crippen LogP contribution is -2.16. The molecule has 0 bridgehead atoms. The van der Waals surface area contributed by atoms with Crippen molar-refractivity contribution >= 4 is 44.6 Å². The second-order valence-electron chi connectivity index (χ2n) is 4.02. The van der Waals surface area contributed by atoms with Crippen LogP contribution in [-0.2, 0) is 10.0 Å². The first kappa shape index (κ1) is 15.8. The maximum Gasteiger partial charge on any atom is 0.265 e. The topological polar surface area (TPSA) is 72.2 Å². The number of anilines is 2. The Labute approximate surface area is 129 Å². The van der Waals surface area contributed by atoms with Crippen LogP contribution >= 0.6 is 23.2 Å². The van der Waals surface area contributed by atoms with Crippen molar-refractivity contribution in [2.45, 2.75) is 4.90 Å². The Hall–Kier alpha value is -1.57. The first-order valence-electron chi connectivity index (χ1n) is 5.43. The molecule has 2 rings (SSSR count). The zero-order chi connectivity index (χ0) is 15.8. The van der Waals surface area contributed by atoms with E-state index in [0.717, 1.165) is 6.07 Å². The Morgan fingerprint density at radius 3 is 2.48 bits per heavy atom. The fraction of sp³-hybridized carbons (Fsp3) is 0. The van der Waals surface area contributed by atoms with E-state index in [-0.39, 0.29) is 21.4 Å². The van der Waals surface area contributed by atoms with Gasteiger partial charge in [-0.2, -0.15) is 0 Å². The number of rotatable bonds is 3. The summed E-state index contributed by atoms with van der Waals surface area (Å²) in [6, 6.07) is 5.71. The highest BCUT2D eigenvalue weighted by atomic mass is 35.5. The average Bonchev–Trinajstić information content (AvgIpc) is 2.39. The summed E-state index contributed by atoms with van der Waals surface area (Å²) in [5.41, 5.74) is 5.03. The van der Waals surface area contributed by atoms with E-state index < -0.39 is 26.6 Å². The summed E-state index contributed by atoms with van der Waals surface area (Å²) in [6.07, 6.45) is 0. The van der Waals surface area contributed by atoms with Gasteiger partial charge >= 0.3 is 0 Å². The van der Waals surface area contributed by atoms with E-state index in [2.05, 4.69) is 0 Å². The predicted molar refractivity (Wildman–Crippen MR) is 78.0 cm³/mol. The average molecular weight is 353 g/mol. The van der Waals surface area contributed by atoms with E-state index in [4.69, 9.17) is 28.9 Å². The summed E-state index contributed by atoms with van der Waals surface area (Å²) < 4.78 is 53.2. The lowest BCUT2D eigenvalue weighted by molar-refractivity contribution is 0.486. The molecule has 0 radical (unpaired) electrons. The number of sulfonamides is 1. The van der Waals surface area contributed by atoms with E-state index in [1.54, 1.807) is 0 Å². The van der Waals surface area contributed by atoms with Crippen LogP contribution in [0.1, 0.15) is 0 Å². The van der Waals surface area contributed by atoms with Gasteiger partial charge in [0, 0.05) is 5.69 Å². The summed E-state index contributed by atoms with van der Waals surface area (Å²) in [4.78, 5) is -0.920. The number of nitrogens with one attached hydrogen (secondary N) is 1. The Morgan fingerprint density at radius 2 is 1.81 bits per heavy atom. The Kier molecular flexibility index (Phi) is 4.27. The van der Waals surface area contributed by atoms with Crippen molar-refractivity contribution in [3.63, 3.8) is 0 Å². The van der Waals surface area contributed by atoms with Crippen LogP contribution in [0.15, 0.2) is 35.2 Å². The molecule has 0 unspecified atom stereocenters. The Balaban J connectivity index is 2.51. The molecule has 0 saturated heterocycles. The van der Waals surface area contributed by atoms with Crippen LogP contribution in [0.5, 0.6) is 0 Å². The molecule has 2 aromatic carbocycles. The third kappa shape index (κ3) is 3.20. The summed E-state index contributed by atoms with van der Waals surface area (Å²) in [5, 5.41) is 0.0450. The Bertz CT molecular complexity index is 813. The number of hydrogen-bond acceptors (Lipinski definition) is 3. The second kappa shape index (κ2) is 5.67. The molecular weight excluding hydrogens is 345 g/mol. The first-order chi connectivity index (χ1) is 9.72. The van der Waals surface area contributed by atoms with Crippen LogP contribution < -0.4 is 10.5 Å². The van der Waals surface area contributed by atoms with Crippen molar-refractivity contribution < 1.29 is 17.2 Å². The second-order valence-corrected chi connectivity index (χ2v) is 6.46. The number of benzene rings is 2. The molecule has 2 aromatic rings. The predicted octanol–water partition coefficient (Wildman–Crippen LogP) is 3.65. The summed E-state index contributed by atoms with van der Waals surface area (Å²) >= 11 is 11.6. The Morgan fingerprint density at radius 1 is 1.14 bits per heavy atom. The maximum atomic E-state index is 13.7. The van der Waals surface area contributed by atoms with Gasteiger partial charge in [-0.3, -0.25) is 4.72 Å². The van der Waals surface area contributed by atoms with Crippen LogP contribution in [0.2, 0.25) is 10.0 Å². The molecule has 21 heavy (non-hydrogen) atoms. The first-order valence-corrected chi connectivity index (χ1v) is 7.67. The molecular formula is C12H8Cl2F2N2O2S. The molecule has 0 aromatic heterocycles.